The lowest BCUT2D eigenvalue weighted by atomic mass is 9.74. The molecule has 5 heteroatoms. The number of Topliss-reactive ketones (excluding diaryl/α,β-unsaturated/α-hetero) is 2. The number of nitro groups is 1. The number of ketones is 2. The first-order valence-electron chi connectivity index (χ1n) is 6.98. The van der Waals surface area contributed by atoms with Crippen LogP contribution in [-0.2, 0) is 9.59 Å². The van der Waals surface area contributed by atoms with E-state index >= 15 is 0 Å². The van der Waals surface area contributed by atoms with Crippen LogP contribution >= 0.6 is 0 Å². The van der Waals surface area contributed by atoms with E-state index in [0.717, 1.165) is 5.56 Å². The second-order valence-corrected chi connectivity index (χ2v) is 6.15. The number of nitrogens with zero attached hydrogens (tertiary/aromatic N) is 1. The average molecular weight is 299 g/mol. The fourth-order valence-corrected chi connectivity index (χ4v) is 2.43. The van der Waals surface area contributed by atoms with Gasteiger partial charge in [-0.2, -0.15) is 0 Å². The van der Waals surface area contributed by atoms with E-state index in [2.05, 4.69) is 0 Å². The number of non-ortho nitro benzene ring substituents is 1. The summed E-state index contributed by atoms with van der Waals surface area (Å²) in [6.45, 7) is 3.82. The summed E-state index contributed by atoms with van der Waals surface area (Å²) in [6.07, 6.45) is 5.61. The van der Waals surface area contributed by atoms with E-state index in [1.165, 1.54) is 18.2 Å². The summed E-state index contributed by atoms with van der Waals surface area (Å²) >= 11 is 0. The summed E-state index contributed by atoms with van der Waals surface area (Å²) in [4.78, 5) is 34.1. The highest BCUT2D eigenvalue weighted by Crippen LogP contribution is 2.33. The van der Waals surface area contributed by atoms with E-state index in [1.807, 2.05) is 13.8 Å². The SMILES string of the molecule is CC1(C)CC(=O)C(=C/C=C/c2ccc([N+](=O)[O-])cc2)C(=O)C1. The van der Waals surface area contributed by atoms with Crippen molar-refractivity contribution in [3.63, 3.8) is 0 Å². The Kier molecular flexibility index (Phi) is 4.35. The molecule has 1 saturated carbocycles. The average Bonchev–Trinajstić information content (AvgIpc) is 2.41. The number of allylic oxidation sites excluding steroid dienone is 3. The van der Waals surface area contributed by atoms with Crippen LogP contribution in [0.25, 0.3) is 6.08 Å². The third kappa shape index (κ3) is 3.75. The van der Waals surface area contributed by atoms with Gasteiger partial charge in [0.2, 0.25) is 0 Å². The summed E-state index contributed by atoms with van der Waals surface area (Å²) in [5.74, 6) is -0.260. The van der Waals surface area contributed by atoms with Crippen LogP contribution < -0.4 is 0 Å². The predicted molar refractivity (Wildman–Crippen MR) is 83.2 cm³/mol. The summed E-state index contributed by atoms with van der Waals surface area (Å²) < 4.78 is 0. The molecular formula is C17H17NO4. The number of benzene rings is 1. The maximum atomic E-state index is 12.0. The summed E-state index contributed by atoms with van der Waals surface area (Å²) in [7, 11) is 0. The van der Waals surface area contributed by atoms with Crippen molar-refractivity contribution in [2.24, 2.45) is 5.41 Å². The van der Waals surface area contributed by atoms with Gasteiger partial charge in [-0.25, -0.2) is 0 Å². The lowest BCUT2D eigenvalue weighted by molar-refractivity contribution is -0.384. The van der Waals surface area contributed by atoms with Crippen molar-refractivity contribution in [3.8, 4) is 0 Å². The highest BCUT2D eigenvalue weighted by Gasteiger charge is 2.34. The number of carbonyl (C=O) groups is 2. The molecule has 1 fully saturated rings. The lowest BCUT2D eigenvalue weighted by Crippen LogP contribution is -2.31. The van der Waals surface area contributed by atoms with Crippen LogP contribution in [0.1, 0.15) is 32.3 Å². The standard InChI is InChI=1S/C17H17NO4/c1-17(2)10-15(19)14(16(20)11-17)5-3-4-12-6-8-13(9-7-12)18(21)22/h3-9H,10-11H2,1-2H3/b4-3+. The Balaban J connectivity index is 2.12. The molecule has 0 spiro atoms. The van der Waals surface area contributed by atoms with Crippen LogP contribution in [0.5, 0.6) is 0 Å². The first-order valence-corrected chi connectivity index (χ1v) is 6.98. The minimum absolute atomic E-state index is 0.0235. The molecule has 114 valence electrons. The Hall–Kier alpha value is -2.56. The Morgan fingerprint density at radius 1 is 1.09 bits per heavy atom. The minimum atomic E-state index is -0.462. The van der Waals surface area contributed by atoms with Crippen molar-refractivity contribution in [2.45, 2.75) is 26.7 Å². The summed E-state index contributed by atoms with van der Waals surface area (Å²) in [6, 6.07) is 6.04. The maximum Gasteiger partial charge on any atom is 0.269 e. The highest BCUT2D eigenvalue weighted by molar-refractivity contribution is 6.22. The van der Waals surface area contributed by atoms with Gasteiger partial charge in [-0.15, -0.1) is 0 Å². The van der Waals surface area contributed by atoms with Gasteiger partial charge in [0.1, 0.15) is 0 Å². The molecule has 0 amide bonds. The van der Waals surface area contributed by atoms with Crippen LogP contribution in [-0.4, -0.2) is 16.5 Å². The van der Waals surface area contributed by atoms with Gasteiger partial charge in [0.05, 0.1) is 10.5 Å². The third-order valence-corrected chi connectivity index (χ3v) is 3.53. The molecule has 0 N–H and O–H groups in total. The van der Waals surface area contributed by atoms with Gasteiger partial charge in [0, 0.05) is 25.0 Å². The van der Waals surface area contributed by atoms with E-state index in [9.17, 15) is 19.7 Å². The lowest BCUT2D eigenvalue weighted by Gasteiger charge is -2.28. The van der Waals surface area contributed by atoms with Crippen LogP contribution in [0.3, 0.4) is 0 Å². The smallest absolute Gasteiger partial charge is 0.269 e. The molecule has 0 saturated heterocycles. The molecule has 1 aliphatic rings. The van der Waals surface area contributed by atoms with Crippen molar-refractivity contribution in [3.05, 3.63) is 57.7 Å². The van der Waals surface area contributed by atoms with Crippen molar-refractivity contribution in [1.82, 2.24) is 0 Å². The molecule has 1 aliphatic carbocycles. The van der Waals surface area contributed by atoms with Gasteiger partial charge >= 0.3 is 0 Å². The quantitative estimate of drug-likeness (QED) is 0.370. The van der Waals surface area contributed by atoms with Crippen molar-refractivity contribution in [2.75, 3.05) is 0 Å². The molecule has 22 heavy (non-hydrogen) atoms. The van der Waals surface area contributed by atoms with Gasteiger partial charge in [-0.05, 0) is 29.2 Å². The zero-order valence-electron chi connectivity index (χ0n) is 12.5. The van der Waals surface area contributed by atoms with E-state index in [1.54, 1.807) is 24.3 Å². The van der Waals surface area contributed by atoms with E-state index < -0.39 is 4.92 Å². The molecule has 0 bridgehead atoms. The molecule has 0 aromatic heterocycles. The topological polar surface area (TPSA) is 77.3 Å². The first kappa shape index (κ1) is 15.8. The third-order valence-electron chi connectivity index (χ3n) is 3.53. The van der Waals surface area contributed by atoms with Crippen LogP contribution in [0, 0.1) is 15.5 Å². The number of nitro benzene ring substituents is 1. The fourth-order valence-electron chi connectivity index (χ4n) is 2.43. The van der Waals surface area contributed by atoms with Crippen LogP contribution in [0.4, 0.5) is 5.69 Å². The molecule has 0 atom stereocenters. The Morgan fingerprint density at radius 3 is 2.14 bits per heavy atom. The Labute approximate surface area is 128 Å². The zero-order valence-corrected chi connectivity index (χ0v) is 12.5. The summed E-state index contributed by atoms with van der Waals surface area (Å²) in [5, 5.41) is 10.6. The second-order valence-electron chi connectivity index (χ2n) is 6.15. The van der Waals surface area contributed by atoms with Gasteiger partial charge < -0.3 is 0 Å². The maximum absolute atomic E-state index is 12.0. The van der Waals surface area contributed by atoms with Crippen molar-refractivity contribution >= 4 is 23.3 Å². The largest absolute Gasteiger partial charge is 0.294 e. The zero-order chi connectivity index (χ0) is 16.3. The van der Waals surface area contributed by atoms with E-state index in [4.69, 9.17) is 0 Å². The molecule has 0 unspecified atom stereocenters. The minimum Gasteiger partial charge on any atom is -0.294 e. The normalized spacial score (nSPS) is 17.8. The second kappa shape index (κ2) is 6.05. The molecule has 0 radical (unpaired) electrons. The fraction of sp³-hybridized carbons (Fsp3) is 0.294. The van der Waals surface area contributed by atoms with Gasteiger partial charge in [-0.3, -0.25) is 19.7 Å². The van der Waals surface area contributed by atoms with Crippen molar-refractivity contribution in [1.29, 1.82) is 0 Å². The number of hydrogen-bond acceptors (Lipinski definition) is 4. The number of rotatable bonds is 3. The molecular weight excluding hydrogens is 282 g/mol. The molecule has 2 rings (SSSR count). The Morgan fingerprint density at radius 2 is 1.64 bits per heavy atom. The number of hydrogen-bond donors (Lipinski definition) is 0. The van der Waals surface area contributed by atoms with Gasteiger partial charge in [0.25, 0.3) is 5.69 Å². The predicted octanol–water partition coefficient (Wildman–Crippen LogP) is 3.49. The van der Waals surface area contributed by atoms with Gasteiger partial charge in [-0.1, -0.05) is 26.0 Å². The number of carbonyl (C=O) groups excluding carboxylic acids is 2. The Bertz CT molecular complexity index is 659. The summed E-state index contributed by atoms with van der Waals surface area (Å²) in [5.41, 5.74) is 0.750. The van der Waals surface area contributed by atoms with Crippen molar-refractivity contribution < 1.29 is 14.5 Å². The van der Waals surface area contributed by atoms with Crippen LogP contribution in [0.2, 0.25) is 0 Å². The first-order chi connectivity index (χ1) is 10.3. The molecule has 1 aromatic carbocycles. The van der Waals surface area contributed by atoms with E-state index in [-0.39, 0.29) is 28.2 Å². The highest BCUT2D eigenvalue weighted by atomic mass is 16.6. The molecule has 0 heterocycles. The van der Waals surface area contributed by atoms with E-state index in [0.29, 0.717) is 12.8 Å². The molecule has 1 aromatic rings. The molecule has 5 nitrogen and oxygen atoms in total. The van der Waals surface area contributed by atoms with Gasteiger partial charge in [0.15, 0.2) is 11.6 Å². The molecule has 0 aliphatic heterocycles. The monoisotopic (exact) mass is 299 g/mol. The van der Waals surface area contributed by atoms with Crippen LogP contribution in [0.15, 0.2) is 42.0 Å².